The number of nitrogens with two attached hydrogens (primary N) is 2. The van der Waals surface area contributed by atoms with Crippen molar-refractivity contribution in [3.63, 3.8) is 0 Å². The molecule has 2 amide bonds. The van der Waals surface area contributed by atoms with Crippen LogP contribution in [0.5, 0.6) is 0 Å². The first-order chi connectivity index (χ1) is 16.5. The van der Waals surface area contributed by atoms with E-state index in [0.29, 0.717) is 16.8 Å². The SMILES string of the molecule is CC(C)n1nc(-c2ccc(CC(=O)Nc3nc4cccc(C(F)(F)F)c4s3)cc2)c(C(N)=O)c1N. The standard InChI is InChI=1S/C23H21F3N6O2S/c1-11(2)32-20(27)17(21(28)34)18(31-32)13-8-6-12(7-9-13)10-16(33)30-22-29-15-5-3-4-14(19(15)35-22)23(24,25)26/h3-9,11H,10,27H2,1-2H3,(H2,28,34)(H,29,30,33). The molecule has 5 N–H and O–H groups in total. The number of carbonyl (C=O) groups excluding carboxylic acids is 2. The number of carbonyl (C=O) groups is 2. The number of hydrogen-bond donors (Lipinski definition) is 3. The average molecular weight is 503 g/mol. The van der Waals surface area contributed by atoms with Gasteiger partial charge in [0.2, 0.25) is 5.91 Å². The maximum Gasteiger partial charge on any atom is 0.417 e. The van der Waals surface area contributed by atoms with E-state index in [1.54, 1.807) is 24.3 Å². The number of nitrogen functional groups attached to an aromatic ring is 1. The minimum Gasteiger partial charge on any atom is -0.383 e. The molecule has 2 aromatic carbocycles. The minimum atomic E-state index is -4.51. The van der Waals surface area contributed by atoms with Crippen molar-refractivity contribution in [1.29, 1.82) is 0 Å². The van der Waals surface area contributed by atoms with E-state index in [2.05, 4.69) is 15.4 Å². The van der Waals surface area contributed by atoms with Gasteiger partial charge in [0.15, 0.2) is 5.13 Å². The van der Waals surface area contributed by atoms with E-state index in [9.17, 15) is 22.8 Å². The molecular formula is C23H21F3N6O2S. The summed E-state index contributed by atoms with van der Waals surface area (Å²) in [6, 6.07) is 10.4. The van der Waals surface area contributed by atoms with Crippen molar-refractivity contribution < 1.29 is 22.8 Å². The van der Waals surface area contributed by atoms with Gasteiger partial charge in [0.25, 0.3) is 5.91 Å². The van der Waals surface area contributed by atoms with E-state index >= 15 is 0 Å². The van der Waals surface area contributed by atoms with Crippen LogP contribution < -0.4 is 16.8 Å². The van der Waals surface area contributed by atoms with E-state index in [1.807, 2.05) is 13.8 Å². The first-order valence-electron chi connectivity index (χ1n) is 10.5. The van der Waals surface area contributed by atoms with Gasteiger partial charge in [-0.3, -0.25) is 9.59 Å². The van der Waals surface area contributed by atoms with Crippen LogP contribution >= 0.6 is 11.3 Å². The van der Waals surface area contributed by atoms with E-state index in [1.165, 1.54) is 16.8 Å². The highest BCUT2D eigenvalue weighted by atomic mass is 32.1. The third-order valence-corrected chi connectivity index (χ3v) is 6.26. The number of aromatic nitrogens is 3. The molecule has 0 unspecified atom stereocenters. The summed E-state index contributed by atoms with van der Waals surface area (Å²) in [7, 11) is 0. The Morgan fingerprint density at radius 3 is 2.43 bits per heavy atom. The third kappa shape index (κ3) is 4.83. The smallest absolute Gasteiger partial charge is 0.383 e. The summed E-state index contributed by atoms with van der Waals surface area (Å²) in [6.45, 7) is 3.74. The van der Waals surface area contributed by atoms with Gasteiger partial charge in [-0.05, 0) is 31.5 Å². The first kappa shape index (κ1) is 24.2. The van der Waals surface area contributed by atoms with Crippen LogP contribution in [-0.2, 0) is 17.4 Å². The zero-order chi connectivity index (χ0) is 25.5. The lowest BCUT2D eigenvalue weighted by molar-refractivity contribution is -0.136. The minimum absolute atomic E-state index is 0.0341. The van der Waals surface area contributed by atoms with Crippen LogP contribution in [0.3, 0.4) is 0 Å². The predicted octanol–water partition coefficient (Wildman–Crippen LogP) is 4.62. The first-order valence-corrected chi connectivity index (χ1v) is 11.3. The van der Waals surface area contributed by atoms with Gasteiger partial charge in [0.05, 0.1) is 22.2 Å². The second-order valence-electron chi connectivity index (χ2n) is 8.10. The Labute approximate surface area is 201 Å². The number of rotatable bonds is 6. The summed E-state index contributed by atoms with van der Waals surface area (Å²) in [5.74, 6) is -0.954. The number of benzene rings is 2. The molecule has 0 atom stereocenters. The number of halogens is 3. The lowest BCUT2D eigenvalue weighted by atomic mass is 10.0. The molecular weight excluding hydrogens is 481 g/mol. The van der Waals surface area contributed by atoms with Crippen LogP contribution in [0.15, 0.2) is 42.5 Å². The Balaban J connectivity index is 1.52. The molecule has 0 saturated heterocycles. The average Bonchev–Trinajstić information content (AvgIpc) is 3.33. The molecule has 4 aromatic rings. The zero-order valence-electron chi connectivity index (χ0n) is 18.7. The number of thiazole rings is 1. The number of amides is 2. The van der Waals surface area contributed by atoms with E-state index in [0.717, 1.165) is 17.4 Å². The van der Waals surface area contributed by atoms with Crippen molar-refractivity contribution in [1.82, 2.24) is 14.8 Å². The van der Waals surface area contributed by atoms with Gasteiger partial charge in [-0.25, -0.2) is 9.67 Å². The Morgan fingerprint density at radius 1 is 1.14 bits per heavy atom. The second-order valence-corrected chi connectivity index (χ2v) is 9.10. The maximum absolute atomic E-state index is 13.2. The fourth-order valence-corrected chi connectivity index (χ4v) is 4.66. The second kappa shape index (κ2) is 9.02. The molecule has 35 heavy (non-hydrogen) atoms. The number of nitrogens with zero attached hydrogens (tertiary/aromatic N) is 3. The number of hydrogen-bond acceptors (Lipinski definition) is 6. The van der Waals surface area contributed by atoms with Gasteiger partial charge < -0.3 is 16.8 Å². The number of fused-ring (bicyclic) bond motifs is 1. The fourth-order valence-electron chi connectivity index (χ4n) is 3.64. The van der Waals surface area contributed by atoms with Gasteiger partial charge in [-0.1, -0.05) is 41.7 Å². The van der Waals surface area contributed by atoms with Crippen LogP contribution in [0.1, 0.15) is 41.4 Å². The molecule has 0 spiro atoms. The molecule has 2 aromatic heterocycles. The largest absolute Gasteiger partial charge is 0.417 e. The van der Waals surface area contributed by atoms with Crippen LogP contribution in [0.4, 0.5) is 24.1 Å². The number of alkyl halides is 3. The summed E-state index contributed by atoms with van der Waals surface area (Å²) in [6.07, 6.45) is -4.55. The quantitative estimate of drug-likeness (QED) is 0.354. The highest BCUT2D eigenvalue weighted by molar-refractivity contribution is 7.22. The molecule has 2 heterocycles. The molecule has 0 saturated carbocycles. The lowest BCUT2D eigenvalue weighted by Gasteiger charge is -2.07. The molecule has 0 aliphatic carbocycles. The molecule has 12 heteroatoms. The van der Waals surface area contributed by atoms with Crippen molar-refractivity contribution >= 4 is 44.3 Å². The highest BCUT2D eigenvalue weighted by Crippen LogP contribution is 2.38. The van der Waals surface area contributed by atoms with Crippen molar-refractivity contribution in [2.75, 3.05) is 11.1 Å². The lowest BCUT2D eigenvalue weighted by Crippen LogP contribution is -2.15. The molecule has 8 nitrogen and oxygen atoms in total. The third-order valence-electron chi connectivity index (χ3n) is 5.24. The Hall–Kier alpha value is -3.93. The Kier molecular flexibility index (Phi) is 6.24. The number of nitrogens with one attached hydrogen (secondary N) is 1. The van der Waals surface area contributed by atoms with Gasteiger partial charge in [-0.15, -0.1) is 0 Å². The number of anilines is 2. The molecule has 0 aliphatic rings. The predicted molar refractivity (Wildman–Crippen MR) is 128 cm³/mol. The van der Waals surface area contributed by atoms with Crippen molar-refractivity contribution in [2.24, 2.45) is 5.73 Å². The van der Waals surface area contributed by atoms with Crippen molar-refractivity contribution in [3.8, 4) is 11.3 Å². The van der Waals surface area contributed by atoms with E-state index < -0.39 is 23.6 Å². The summed E-state index contributed by atoms with van der Waals surface area (Å²) in [4.78, 5) is 28.5. The van der Waals surface area contributed by atoms with Crippen LogP contribution in [-0.4, -0.2) is 26.6 Å². The molecule has 0 radical (unpaired) electrons. The maximum atomic E-state index is 13.2. The van der Waals surface area contributed by atoms with Gasteiger partial charge >= 0.3 is 6.18 Å². The summed E-state index contributed by atoms with van der Waals surface area (Å²) >= 11 is 0.770. The van der Waals surface area contributed by atoms with Crippen LogP contribution in [0.2, 0.25) is 0 Å². The topological polar surface area (TPSA) is 129 Å². The van der Waals surface area contributed by atoms with Crippen LogP contribution in [0, 0.1) is 0 Å². The van der Waals surface area contributed by atoms with Crippen LogP contribution in [0.25, 0.3) is 21.5 Å². The van der Waals surface area contributed by atoms with Gasteiger partial charge in [0.1, 0.15) is 17.1 Å². The molecule has 182 valence electrons. The number of primary amides is 1. The Morgan fingerprint density at radius 2 is 1.83 bits per heavy atom. The molecule has 0 bridgehead atoms. The Bertz CT molecular complexity index is 1420. The van der Waals surface area contributed by atoms with Gasteiger partial charge in [0, 0.05) is 11.6 Å². The normalized spacial score (nSPS) is 11.8. The monoisotopic (exact) mass is 502 g/mol. The molecule has 0 aliphatic heterocycles. The summed E-state index contributed by atoms with van der Waals surface area (Å²) < 4.78 is 41.1. The van der Waals surface area contributed by atoms with Gasteiger partial charge in [-0.2, -0.15) is 18.3 Å². The van der Waals surface area contributed by atoms with Crippen molar-refractivity contribution in [2.45, 2.75) is 32.5 Å². The van der Waals surface area contributed by atoms with E-state index in [4.69, 9.17) is 11.5 Å². The molecule has 4 rings (SSSR count). The molecule has 0 fully saturated rings. The summed E-state index contributed by atoms with van der Waals surface area (Å²) in [5, 5.41) is 7.06. The zero-order valence-corrected chi connectivity index (χ0v) is 19.5. The highest BCUT2D eigenvalue weighted by Gasteiger charge is 2.33. The van der Waals surface area contributed by atoms with E-state index in [-0.39, 0.29) is 39.2 Å². The van der Waals surface area contributed by atoms with Crippen molar-refractivity contribution in [3.05, 3.63) is 59.2 Å². The summed E-state index contributed by atoms with van der Waals surface area (Å²) in [5.41, 5.74) is 12.6. The fraction of sp³-hybridized carbons (Fsp3) is 0.217.